The van der Waals surface area contributed by atoms with Gasteiger partial charge in [-0.2, -0.15) is 4.98 Å². The standard InChI is InChI=1S/C10H12N4OS/c11-8-4-3-7(16-8)9-12-10(13-15-9)14-5-1-2-6-14/h3-4H,1-2,5-6,11H2. The van der Waals surface area contributed by atoms with E-state index in [1.165, 1.54) is 24.2 Å². The van der Waals surface area contributed by atoms with Crippen molar-refractivity contribution in [1.82, 2.24) is 10.1 Å². The van der Waals surface area contributed by atoms with Crippen LogP contribution in [0.5, 0.6) is 0 Å². The Kier molecular flexibility index (Phi) is 2.28. The van der Waals surface area contributed by atoms with E-state index in [0.717, 1.165) is 23.0 Å². The van der Waals surface area contributed by atoms with E-state index < -0.39 is 0 Å². The molecule has 0 saturated carbocycles. The average molecular weight is 236 g/mol. The Morgan fingerprint density at radius 1 is 1.31 bits per heavy atom. The topological polar surface area (TPSA) is 68.2 Å². The summed E-state index contributed by atoms with van der Waals surface area (Å²) in [6.45, 7) is 2.04. The minimum absolute atomic E-state index is 0.559. The molecule has 3 rings (SSSR count). The van der Waals surface area contributed by atoms with Crippen molar-refractivity contribution in [3.8, 4) is 10.8 Å². The predicted octanol–water partition coefficient (Wildman–Crippen LogP) is 1.98. The van der Waals surface area contributed by atoms with Gasteiger partial charge in [-0.05, 0) is 30.1 Å². The average Bonchev–Trinajstić information content (AvgIpc) is 2.97. The lowest BCUT2D eigenvalue weighted by molar-refractivity contribution is 0.431. The molecule has 5 nitrogen and oxygen atoms in total. The maximum Gasteiger partial charge on any atom is 0.269 e. The monoisotopic (exact) mass is 236 g/mol. The van der Waals surface area contributed by atoms with Crippen LogP contribution in [0.4, 0.5) is 10.9 Å². The van der Waals surface area contributed by atoms with E-state index in [0.29, 0.717) is 11.8 Å². The summed E-state index contributed by atoms with van der Waals surface area (Å²) in [4.78, 5) is 7.45. The number of anilines is 2. The number of aromatic nitrogens is 2. The molecule has 0 aromatic carbocycles. The van der Waals surface area contributed by atoms with Gasteiger partial charge in [0.2, 0.25) is 0 Å². The highest BCUT2D eigenvalue weighted by atomic mass is 32.1. The van der Waals surface area contributed by atoms with Gasteiger partial charge in [-0.3, -0.25) is 0 Å². The number of nitrogen functional groups attached to an aromatic ring is 1. The molecule has 2 aromatic heterocycles. The molecule has 16 heavy (non-hydrogen) atoms. The van der Waals surface area contributed by atoms with E-state index in [2.05, 4.69) is 15.0 Å². The van der Waals surface area contributed by atoms with E-state index in [-0.39, 0.29) is 0 Å². The Labute approximate surface area is 96.9 Å². The van der Waals surface area contributed by atoms with Crippen LogP contribution in [0.15, 0.2) is 16.7 Å². The number of nitrogens with zero attached hydrogens (tertiary/aromatic N) is 3. The number of rotatable bonds is 2. The SMILES string of the molecule is Nc1ccc(-c2nc(N3CCCC3)no2)s1. The van der Waals surface area contributed by atoms with Crippen molar-refractivity contribution in [3.05, 3.63) is 12.1 Å². The Bertz CT molecular complexity index is 486. The summed E-state index contributed by atoms with van der Waals surface area (Å²) in [5, 5.41) is 4.75. The van der Waals surface area contributed by atoms with Crippen LogP contribution >= 0.6 is 11.3 Å². The van der Waals surface area contributed by atoms with Gasteiger partial charge in [0.25, 0.3) is 11.8 Å². The minimum atomic E-state index is 0.559. The highest BCUT2D eigenvalue weighted by Gasteiger charge is 2.19. The fourth-order valence-corrected chi connectivity index (χ4v) is 2.53. The molecule has 0 spiro atoms. The van der Waals surface area contributed by atoms with Crippen LogP contribution in [0.3, 0.4) is 0 Å². The van der Waals surface area contributed by atoms with Crippen molar-refractivity contribution < 1.29 is 4.52 Å². The van der Waals surface area contributed by atoms with Gasteiger partial charge in [-0.15, -0.1) is 11.3 Å². The number of hydrogen-bond acceptors (Lipinski definition) is 6. The Balaban J connectivity index is 1.87. The highest BCUT2D eigenvalue weighted by molar-refractivity contribution is 7.19. The van der Waals surface area contributed by atoms with Crippen molar-refractivity contribution in [2.75, 3.05) is 23.7 Å². The van der Waals surface area contributed by atoms with Crippen LogP contribution in [0.2, 0.25) is 0 Å². The first-order chi connectivity index (χ1) is 7.83. The lowest BCUT2D eigenvalue weighted by Gasteiger charge is -2.09. The van der Waals surface area contributed by atoms with Crippen LogP contribution < -0.4 is 10.6 Å². The zero-order valence-corrected chi connectivity index (χ0v) is 9.54. The van der Waals surface area contributed by atoms with Crippen molar-refractivity contribution in [2.24, 2.45) is 0 Å². The van der Waals surface area contributed by atoms with E-state index in [4.69, 9.17) is 10.3 Å². The second-order valence-electron chi connectivity index (χ2n) is 3.80. The van der Waals surface area contributed by atoms with Crippen LogP contribution in [-0.4, -0.2) is 23.2 Å². The summed E-state index contributed by atoms with van der Waals surface area (Å²) in [6, 6.07) is 3.75. The third-order valence-electron chi connectivity index (χ3n) is 2.64. The van der Waals surface area contributed by atoms with Gasteiger partial charge in [0.05, 0.1) is 9.88 Å². The molecule has 3 heterocycles. The molecule has 1 aliphatic heterocycles. The molecule has 1 aliphatic rings. The Morgan fingerprint density at radius 2 is 2.12 bits per heavy atom. The molecule has 6 heteroatoms. The Hall–Kier alpha value is -1.56. The van der Waals surface area contributed by atoms with E-state index in [1.54, 1.807) is 0 Å². The van der Waals surface area contributed by atoms with Crippen molar-refractivity contribution in [1.29, 1.82) is 0 Å². The van der Waals surface area contributed by atoms with Gasteiger partial charge in [-0.25, -0.2) is 0 Å². The lowest BCUT2D eigenvalue weighted by atomic mass is 10.4. The quantitative estimate of drug-likeness (QED) is 0.863. The first kappa shape index (κ1) is 9.65. The molecule has 1 fully saturated rings. The van der Waals surface area contributed by atoms with E-state index in [1.807, 2.05) is 12.1 Å². The smallest absolute Gasteiger partial charge is 0.269 e. The molecule has 0 aliphatic carbocycles. The van der Waals surface area contributed by atoms with Crippen LogP contribution in [-0.2, 0) is 0 Å². The fraction of sp³-hybridized carbons (Fsp3) is 0.400. The molecule has 84 valence electrons. The normalized spacial score (nSPS) is 15.9. The first-order valence-electron chi connectivity index (χ1n) is 5.27. The zero-order valence-electron chi connectivity index (χ0n) is 8.72. The van der Waals surface area contributed by atoms with Gasteiger partial charge < -0.3 is 15.2 Å². The molecule has 0 bridgehead atoms. The minimum Gasteiger partial charge on any atom is -0.391 e. The molecular weight excluding hydrogens is 224 g/mol. The molecular formula is C10H12N4OS. The van der Waals surface area contributed by atoms with Gasteiger partial charge >= 0.3 is 0 Å². The van der Waals surface area contributed by atoms with Crippen molar-refractivity contribution >= 4 is 22.3 Å². The molecule has 0 amide bonds. The number of thiophene rings is 1. The largest absolute Gasteiger partial charge is 0.391 e. The first-order valence-corrected chi connectivity index (χ1v) is 6.09. The van der Waals surface area contributed by atoms with Crippen LogP contribution in [0.25, 0.3) is 10.8 Å². The summed E-state index contributed by atoms with van der Waals surface area (Å²) in [7, 11) is 0. The lowest BCUT2D eigenvalue weighted by Crippen LogP contribution is -2.18. The highest BCUT2D eigenvalue weighted by Crippen LogP contribution is 2.29. The molecule has 0 atom stereocenters. The zero-order chi connectivity index (χ0) is 11.0. The van der Waals surface area contributed by atoms with Gasteiger partial charge in [0.1, 0.15) is 0 Å². The maximum absolute atomic E-state index is 5.66. The van der Waals surface area contributed by atoms with Crippen molar-refractivity contribution in [2.45, 2.75) is 12.8 Å². The van der Waals surface area contributed by atoms with Crippen molar-refractivity contribution in [3.63, 3.8) is 0 Å². The third kappa shape index (κ3) is 1.65. The third-order valence-corrected chi connectivity index (χ3v) is 3.54. The summed E-state index contributed by atoms with van der Waals surface area (Å²) >= 11 is 1.46. The molecule has 0 radical (unpaired) electrons. The number of hydrogen-bond donors (Lipinski definition) is 1. The summed E-state index contributed by atoms with van der Waals surface area (Å²) in [5.41, 5.74) is 5.66. The fourth-order valence-electron chi connectivity index (χ4n) is 1.83. The van der Waals surface area contributed by atoms with Crippen LogP contribution in [0.1, 0.15) is 12.8 Å². The molecule has 0 unspecified atom stereocenters. The summed E-state index contributed by atoms with van der Waals surface area (Å²) < 4.78 is 5.23. The maximum atomic E-state index is 5.66. The second-order valence-corrected chi connectivity index (χ2v) is 4.91. The Morgan fingerprint density at radius 3 is 2.81 bits per heavy atom. The predicted molar refractivity (Wildman–Crippen MR) is 63.5 cm³/mol. The van der Waals surface area contributed by atoms with E-state index in [9.17, 15) is 0 Å². The van der Waals surface area contributed by atoms with Gasteiger partial charge in [0, 0.05) is 13.1 Å². The second kappa shape index (κ2) is 3.79. The summed E-state index contributed by atoms with van der Waals surface area (Å²) in [5.74, 6) is 1.25. The van der Waals surface area contributed by atoms with E-state index >= 15 is 0 Å². The summed E-state index contributed by atoms with van der Waals surface area (Å²) in [6.07, 6.45) is 2.41. The van der Waals surface area contributed by atoms with Gasteiger partial charge in [0.15, 0.2) is 0 Å². The molecule has 2 N–H and O–H groups in total. The van der Waals surface area contributed by atoms with Crippen LogP contribution in [0, 0.1) is 0 Å². The van der Waals surface area contributed by atoms with Gasteiger partial charge in [-0.1, -0.05) is 0 Å². The molecule has 1 saturated heterocycles. The molecule has 2 aromatic rings. The number of nitrogens with two attached hydrogens (primary N) is 1.